The van der Waals surface area contributed by atoms with Gasteiger partial charge in [0.15, 0.2) is 11.9 Å². The molecule has 33 heavy (non-hydrogen) atoms. The smallest absolute Gasteiger partial charge is 0.290 e. The molecule has 0 unspecified atom stereocenters. The molecular weight excluding hydrogens is 423 g/mol. The van der Waals surface area contributed by atoms with Crippen LogP contribution in [0.2, 0.25) is 0 Å². The standard InChI is InChI=1S/C26H27FN2O4/c1-3-22(25(30)28-4-2)33-20-12-9-17-13-14-29(26(31)23-6-5-15-32-23)24(21(17)16-20)18-7-10-19(27)11-8-18/h5-12,15-16,22,24H,3-4,13-14H2,1-2H3,(H,28,30)/t22-,24-/m1/s1. The molecule has 2 atom stereocenters. The number of hydrogen-bond donors (Lipinski definition) is 1. The molecular formula is C26H27FN2O4. The predicted molar refractivity (Wildman–Crippen MR) is 122 cm³/mol. The van der Waals surface area contributed by atoms with Crippen molar-refractivity contribution in [1.29, 1.82) is 0 Å². The number of nitrogens with one attached hydrogen (secondary N) is 1. The van der Waals surface area contributed by atoms with Crippen LogP contribution >= 0.6 is 0 Å². The summed E-state index contributed by atoms with van der Waals surface area (Å²) in [5.74, 6) is 0.0532. The molecule has 0 bridgehead atoms. The van der Waals surface area contributed by atoms with Crippen molar-refractivity contribution in [2.75, 3.05) is 13.1 Å². The number of carbonyl (C=O) groups excluding carboxylic acids is 2. The first-order valence-electron chi connectivity index (χ1n) is 11.2. The first-order chi connectivity index (χ1) is 16.0. The Morgan fingerprint density at radius 3 is 2.64 bits per heavy atom. The van der Waals surface area contributed by atoms with Crippen molar-refractivity contribution < 1.29 is 23.1 Å². The van der Waals surface area contributed by atoms with Gasteiger partial charge in [0.1, 0.15) is 11.6 Å². The van der Waals surface area contributed by atoms with E-state index < -0.39 is 12.1 Å². The number of hydrogen-bond acceptors (Lipinski definition) is 4. The van der Waals surface area contributed by atoms with Gasteiger partial charge >= 0.3 is 0 Å². The Hall–Kier alpha value is -3.61. The van der Waals surface area contributed by atoms with Gasteiger partial charge in [0.2, 0.25) is 0 Å². The third kappa shape index (κ3) is 4.77. The van der Waals surface area contributed by atoms with E-state index in [0.29, 0.717) is 31.7 Å². The molecule has 0 saturated carbocycles. The monoisotopic (exact) mass is 450 g/mol. The van der Waals surface area contributed by atoms with Crippen LogP contribution in [0.5, 0.6) is 5.75 Å². The van der Waals surface area contributed by atoms with Crippen LogP contribution in [0.15, 0.2) is 65.3 Å². The van der Waals surface area contributed by atoms with Crippen molar-refractivity contribution in [1.82, 2.24) is 10.2 Å². The zero-order valence-electron chi connectivity index (χ0n) is 18.7. The van der Waals surface area contributed by atoms with Gasteiger partial charge in [0.05, 0.1) is 12.3 Å². The summed E-state index contributed by atoms with van der Waals surface area (Å²) in [5.41, 5.74) is 2.74. The second-order valence-corrected chi connectivity index (χ2v) is 7.95. The fourth-order valence-corrected chi connectivity index (χ4v) is 4.21. The quantitative estimate of drug-likeness (QED) is 0.575. The van der Waals surface area contributed by atoms with Crippen LogP contribution in [-0.4, -0.2) is 35.9 Å². The first kappa shape index (κ1) is 22.6. The zero-order valence-corrected chi connectivity index (χ0v) is 18.7. The van der Waals surface area contributed by atoms with Crippen LogP contribution in [0.1, 0.15) is 53.6 Å². The Kier molecular flexibility index (Phi) is 6.77. The molecule has 7 heteroatoms. The average Bonchev–Trinajstić information content (AvgIpc) is 3.37. The van der Waals surface area contributed by atoms with Gasteiger partial charge in [-0.2, -0.15) is 0 Å². The molecule has 1 aromatic heterocycles. The van der Waals surface area contributed by atoms with E-state index in [4.69, 9.17) is 9.15 Å². The highest BCUT2D eigenvalue weighted by molar-refractivity contribution is 5.92. The largest absolute Gasteiger partial charge is 0.481 e. The maximum absolute atomic E-state index is 13.7. The van der Waals surface area contributed by atoms with E-state index in [1.807, 2.05) is 32.0 Å². The summed E-state index contributed by atoms with van der Waals surface area (Å²) in [6.07, 6.45) is 2.04. The summed E-state index contributed by atoms with van der Waals surface area (Å²) in [5, 5.41) is 2.79. The summed E-state index contributed by atoms with van der Waals surface area (Å²) in [6, 6.07) is 14.7. The molecule has 6 nitrogen and oxygen atoms in total. The van der Waals surface area contributed by atoms with Gasteiger partial charge in [0, 0.05) is 13.1 Å². The SMILES string of the molecule is CCNC(=O)[C@@H](CC)Oc1ccc2c(c1)[C@@H](c1ccc(F)cc1)N(C(=O)c1ccco1)CC2. The maximum Gasteiger partial charge on any atom is 0.290 e. The number of carbonyl (C=O) groups is 2. The summed E-state index contributed by atoms with van der Waals surface area (Å²) in [7, 11) is 0. The van der Waals surface area contributed by atoms with E-state index in [-0.39, 0.29) is 23.4 Å². The third-order valence-electron chi connectivity index (χ3n) is 5.82. The molecule has 3 aromatic rings. The molecule has 1 aliphatic rings. The van der Waals surface area contributed by atoms with Crippen LogP contribution in [0.3, 0.4) is 0 Å². The van der Waals surface area contributed by atoms with Gasteiger partial charge in [-0.05, 0) is 72.9 Å². The maximum atomic E-state index is 13.7. The lowest BCUT2D eigenvalue weighted by Gasteiger charge is -2.37. The minimum absolute atomic E-state index is 0.164. The highest BCUT2D eigenvalue weighted by Gasteiger charge is 2.34. The lowest BCUT2D eigenvalue weighted by atomic mass is 9.87. The fourth-order valence-electron chi connectivity index (χ4n) is 4.21. The molecule has 4 rings (SSSR count). The molecule has 1 N–H and O–H groups in total. The number of likely N-dealkylation sites (N-methyl/N-ethyl adjacent to an activating group) is 1. The topological polar surface area (TPSA) is 71.8 Å². The predicted octanol–water partition coefficient (Wildman–Crippen LogP) is 4.50. The van der Waals surface area contributed by atoms with E-state index in [2.05, 4.69) is 5.32 Å². The molecule has 0 spiro atoms. The summed E-state index contributed by atoms with van der Waals surface area (Å²) in [6.45, 7) is 4.77. The Bertz CT molecular complexity index is 1110. The van der Waals surface area contributed by atoms with Gasteiger partial charge in [-0.1, -0.05) is 25.1 Å². The van der Waals surface area contributed by atoms with Crippen LogP contribution in [0.4, 0.5) is 4.39 Å². The summed E-state index contributed by atoms with van der Waals surface area (Å²) >= 11 is 0. The lowest BCUT2D eigenvalue weighted by molar-refractivity contribution is -0.128. The van der Waals surface area contributed by atoms with Crippen molar-refractivity contribution in [2.24, 2.45) is 0 Å². The molecule has 172 valence electrons. The molecule has 2 heterocycles. The van der Waals surface area contributed by atoms with E-state index in [1.54, 1.807) is 29.2 Å². The van der Waals surface area contributed by atoms with Crippen molar-refractivity contribution in [2.45, 2.75) is 38.8 Å². The van der Waals surface area contributed by atoms with Crippen LogP contribution in [0.25, 0.3) is 0 Å². The highest BCUT2D eigenvalue weighted by atomic mass is 19.1. The summed E-state index contributed by atoms with van der Waals surface area (Å²) < 4.78 is 25.0. The minimum Gasteiger partial charge on any atom is -0.481 e. The number of furan rings is 1. The fraction of sp³-hybridized carbons (Fsp3) is 0.308. The Balaban J connectivity index is 1.73. The molecule has 2 aromatic carbocycles. The molecule has 2 amide bonds. The van der Waals surface area contributed by atoms with Crippen molar-refractivity contribution in [3.63, 3.8) is 0 Å². The lowest BCUT2D eigenvalue weighted by Crippen LogP contribution is -2.40. The number of fused-ring (bicyclic) bond motifs is 1. The number of benzene rings is 2. The van der Waals surface area contributed by atoms with E-state index in [9.17, 15) is 14.0 Å². The Labute approximate surface area is 192 Å². The molecule has 1 aliphatic heterocycles. The van der Waals surface area contributed by atoms with Gasteiger partial charge < -0.3 is 19.4 Å². The molecule has 0 saturated heterocycles. The van der Waals surface area contributed by atoms with Gasteiger partial charge in [0.25, 0.3) is 11.8 Å². The third-order valence-corrected chi connectivity index (χ3v) is 5.82. The van der Waals surface area contributed by atoms with E-state index in [0.717, 1.165) is 16.7 Å². The first-order valence-corrected chi connectivity index (χ1v) is 11.2. The highest BCUT2D eigenvalue weighted by Crippen LogP contribution is 2.38. The number of ether oxygens (including phenoxy) is 1. The number of nitrogens with zero attached hydrogens (tertiary/aromatic N) is 1. The average molecular weight is 451 g/mol. The van der Waals surface area contributed by atoms with Gasteiger partial charge in [-0.3, -0.25) is 9.59 Å². The zero-order chi connectivity index (χ0) is 23.4. The molecule has 0 aliphatic carbocycles. The van der Waals surface area contributed by atoms with E-state index >= 15 is 0 Å². The molecule has 0 radical (unpaired) electrons. The van der Waals surface area contributed by atoms with Gasteiger partial charge in [-0.15, -0.1) is 0 Å². The van der Waals surface area contributed by atoms with Crippen LogP contribution in [-0.2, 0) is 11.2 Å². The van der Waals surface area contributed by atoms with Crippen molar-refractivity contribution >= 4 is 11.8 Å². The minimum atomic E-state index is -0.614. The van der Waals surface area contributed by atoms with Crippen LogP contribution in [0, 0.1) is 5.82 Å². The summed E-state index contributed by atoms with van der Waals surface area (Å²) in [4.78, 5) is 27.3. The number of rotatable bonds is 7. The Morgan fingerprint density at radius 2 is 1.97 bits per heavy atom. The second-order valence-electron chi connectivity index (χ2n) is 7.95. The van der Waals surface area contributed by atoms with Gasteiger partial charge in [-0.25, -0.2) is 4.39 Å². The van der Waals surface area contributed by atoms with Crippen LogP contribution < -0.4 is 10.1 Å². The van der Waals surface area contributed by atoms with Crippen molar-refractivity contribution in [3.05, 3.63) is 89.1 Å². The molecule has 0 fully saturated rings. The number of amides is 2. The van der Waals surface area contributed by atoms with E-state index in [1.165, 1.54) is 18.4 Å². The normalized spacial score (nSPS) is 16.1. The second kappa shape index (κ2) is 9.90. The number of halogens is 1. The Morgan fingerprint density at radius 1 is 1.18 bits per heavy atom. The van der Waals surface area contributed by atoms with Crippen molar-refractivity contribution in [3.8, 4) is 5.75 Å².